The fourth-order valence-electron chi connectivity index (χ4n) is 3.44. The molecule has 0 aromatic heterocycles. The van der Waals surface area contributed by atoms with Crippen LogP contribution in [0.3, 0.4) is 0 Å². The highest BCUT2D eigenvalue weighted by atomic mass is 16.3. The maximum Gasteiger partial charge on any atom is 0.0963 e. The standard InChI is InChI=1S/C16H26O/c1-12-8-10-13(11-9-12)16(2,3)14-6-4-5-7-15(14)17/h4,6,12-13,17H,5,7-11H2,1-3H3. The fourth-order valence-corrected chi connectivity index (χ4v) is 3.44. The van der Waals surface area contributed by atoms with E-state index in [0.717, 1.165) is 24.7 Å². The van der Waals surface area contributed by atoms with Crippen molar-refractivity contribution >= 4 is 0 Å². The second kappa shape index (κ2) is 4.88. The lowest BCUT2D eigenvalue weighted by Crippen LogP contribution is -2.30. The van der Waals surface area contributed by atoms with Gasteiger partial charge in [-0.3, -0.25) is 0 Å². The lowest BCUT2D eigenvalue weighted by Gasteiger charge is -2.40. The molecule has 0 amide bonds. The molecule has 0 heterocycles. The number of aliphatic hydroxyl groups is 1. The maximum absolute atomic E-state index is 10.1. The molecule has 0 aromatic rings. The Morgan fingerprint density at radius 3 is 2.41 bits per heavy atom. The molecule has 2 rings (SSSR count). The Morgan fingerprint density at radius 1 is 1.18 bits per heavy atom. The molecule has 0 saturated heterocycles. The normalized spacial score (nSPS) is 30.8. The number of rotatable bonds is 2. The maximum atomic E-state index is 10.1. The summed E-state index contributed by atoms with van der Waals surface area (Å²) in [6, 6.07) is 0. The topological polar surface area (TPSA) is 20.2 Å². The number of hydrogen-bond acceptors (Lipinski definition) is 1. The molecular formula is C16H26O. The number of allylic oxidation sites excluding steroid dienone is 4. The Balaban J connectivity index is 2.15. The predicted octanol–water partition coefficient (Wildman–Crippen LogP) is 5.00. The highest BCUT2D eigenvalue weighted by Crippen LogP contribution is 2.46. The van der Waals surface area contributed by atoms with Gasteiger partial charge in [-0.25, -0.2) is 0 Å². The van der Waals surface area contributed by atoms with Crippen LogP contribution in [0.2, 0.25) is 0 Å². The Labute approximate surface area is 106 Å². The van der Waals surface area contributed by atoms with Gasteiger partial charge in [0.05, 0.1) is 5.76 Å². The van der Waals surface area contributed by atoms with Crippen molar-refractivity contribution in [3.8, 4) is 0 Å². The molecule has 2 aliphatic rings. The zero-order valence-corrected chi connectivity index (χ0v) is 11.5. The lowest BCUT2D eigenvalue weighted by atomic mass is 9.64. The zero-order chi connectivity index (χ0) is 12.5. The van der Waals surface area contributed by atoms with E-state index in [1.54, 1.807) is 0 Å². The van der Waals surface area contributed by atoms with Crippen molar-refractivity contribution in [2.75, 3.05) is 0 Å². The average molecular weight is 234 g/mol. The van der Waals surface area contributed by atoms with Gasteiger partial charge in [-0.2, -0.15) is 0 Å². The summed E-state index contributed by atoms with van der Waals surface area (Å²) in [7, 11) is 0. The van der Waals surface area contributed by atoms with Gasteiger partial charge in [0.1, 0.15) is 0 Å². The van der Waals surface area contributed by atoms with Crippen molar-refractivity contribution in [3.05, 3.63) is 23.5 Å². The Bertz CT molecular complexity index is 327. The van der Waals surface area contributed by atoms with Gasteiger partial charge < -0.3 is 5.11 Å². The summed E-state index contributed by atoms with van der Waals surface area (Å²) in [5.41, 5.74) is 1.34. The smallest absolute Gasteiger partial charge is 0.0963 e. The molecule has 1 N–H and O–H groups in total. The van der Waals surface area contributed by atoms with E-state index < -0.39 is 0 Å². The lowest BCUT2D eigenvalue weighted by molar-refractivity contribution is 0.166. The van der Waals surface area contributed by atoms with E-state index in [-0.39, 0.29) is 5.41 Å². The molecule has 1 fully saturated rings. The molecular weight excluding hydrogens is 208 g/mol. The van der Waals surface area contributed by atoms with Crippen LogP contribution < -0.4 is 0 Å². The van der Waals surface area contributed by atoms with Gasteiger partial charge >= 0.3 is 0 Å². The minimum absolute atomic E-state index is 0.140. The molecule has 0 aromatic carbocycles. The summed E-state index contributed by atoms with van der Waals surface area (Å²) >= 11 is 0. The summed E-state index contributed by atoms with van der Waals surface area (Å²) in [6.45, 7) is 6.99. The van der Waals surface area contributed by atoms with Crippen LogP contribution in [0.5, 0.6) is 0 Å². The summed E-state index contributed by atoms with van der Waals surface area (Å²) in [5.74, 6) is 2.27. The Kier molecular flexibility index (Phi) is 3.65. The van der Waals surface area contributed by atoms with Gasteiger partial charge in [-0.15, -0.1) is 0 Å². The van der Waals surface area contributed by atoms with Gasteiger partial charge in [-0.05, 0) is 42.1 Å². The van der Waals surface area contributed by atoms with Crippen LogP contribution in [-0.2, 0) is 0 Å². The van der Waals surface area contributed by atoms with Crippen molar-refractivity contribution in [1.82, 2.24) is 0 Å². The van der Waals surface area contributed by atoms with Crippen LogP contribution in [0.25, 0.3) is 0 Å². The largest absolute Gasteiger partial charge is 0.512 e. The molecule has 2 aliphatic carbocycles. The van der Waals surface area contributed by atoms with Crippen LogP contribution in [0.4, 0.5) is 0 Å². The molecule has 1 saturated carbocycles. The van der Waals surface area contributed by atoms with Gasteiger partial charge in [0.25, 0.3) is 0 Å². The van der Waals surface area contributed by atoms with Crippen LogP contribution in [0.15, 0.2) is 23.5 Å². The van der Waals surface area contributed by atoms with E-state index in [1.807, 2.05) is 0 Å². The molecule has 0 spiro atoms. The third kappa shape index (κ3) is 2.59. The highest BCUT2D eigenvalue weighted by molar-refractivity contribution is 5.32. The highest BCUT2D eigenvalue weighted by Gasteiger charge is 2.36. The first-order valence-corrected chi connectivity index (χ1v) is 7.11. The molecule has 0 unspecified atom stereocenters. The number of hydrogen-bond donors (Lipinski definition) is 1. The quantitative estimate of drug-likeness (QED) is 0.712. The minimum Gasteiger partial charge on any atom is -0.512 e. The van der Waals surface area contributed by atoms with Gasteiger partial charge in [0, 0.05) is 6.42 Å². The molecule has 0 bridgehead atoms. The summed E-state index contributed by atoms with van der Waals surface area (Å²) in [6.07, 6.45) is 11.5. The van der Waals surface area contributed by atoms with Gasteiger partial charge in [0.15, 0.2) is 0 Å². The average Bonchev–Trinajstić information content (AvgIpc) is 2.30. The SMILES string of the molecule is CC1CCC(C(C)(C)C2=C(O)CCC=C2)CC1. The first-order valence-electron chi connectivity index (χ1n) is 7.11. The first-order chi connectivity index (χ1) is 8.01. The van der Waals surface area contributed by atoms with Crippen LogP contribution in [-0.4, -0.2) is 5.11 Å². The third-order valence-electron chi connectivity index (χ3n) is 4.87. The van der Waals surface area contributed by atoms with Crippen LogP contribution >= 0.6 is 0 Å². The Morgan fingerprint density at radius 2 is 1.82 bits per heavy atom. The third-order valence-corrected chi connectivity index (χ3v) is 4.87. The first kappa shape index (κ1) is 12.7. The summed E-state index contributed by atoms with van der Waals surface area (Å²) in [4.78, 5) is 0. The van der Waals surface area contributed by atoms with Crippen molar-refractivity contribution in [3.63, 3.8) is 0 Å². The molecule has 0 atom stereocenters. The fraction of sp³-hybridized carbons (Fsp3) is 0.750. The van der Waals surface area contributed by atoms with Crippen molar-refractivity contribution in [1.29, 1.82) is 0 Å². The zero-order valence-electron chi connectivity index (χ0n) is 11.5. The van der Waals surface area contributed by atoms with Crippen molar-refractivity contribution in [2.45, 2.75) is 59.3 Å². The molecule has 17 heavy (non-hydrogen) atoms. The second-order valence-corrected chi connectivity index (χ2v) is 6.48. The van der Waals surface area contributed by atoms with Crippen LogP contribution in [0, 0.1) is 17.3 Å². The van der Waals surface area contributed by atoms with E-state index in [4.69, 9.17) is 0 Å². The van der Waals surface area contributed by atoms with Crippen LogP contribution in [0.1, 0.15) is 59.3 Å². The van der Waals surface area contributed by atoms with Gasteiger partial charge in [-0.1, -0.05) is 45.8 Å². The van der Waals surface area contributed by atoms with Crippen molar-refractivity contribution in [2.24, 2.45) is 17.3 Å². The second-order valence-electron chi connectivity index (χ2n) is 6.48. The number of aliphatic hydroxyl groups excluding tert-OH is 1. The van der Waals surface area contributed by atoms with Gasteiger partial charge in [0.2, 0.25) is 0 Å². The Hall–Kier alpha value is -0.720. The van der Waals surface area contributed by atoms with Crippen molar-refractivity contribution < 1.29 is 5.11 Å². The molecule has 96 valence electrons. The predicted molar refractivity (Wildman–Crippen MR) is 72.9 cm³/mol. The van der Waals surface area contributed by atoms with E-state index in [2.05, 4.69) is 32.9 Å². The van der Waals surface area contributed by atoms with E-state index >= 15 is 0 Å². The minimum atomic E-state index is 0.140. The molecule has 0 aliphatic heterocycles. The molecule has 1 heteroatoms. The summed E-state index contributed by atoms with van der Waals surface area (Å²) in [5, 5.41) is 10.1. The molecule has 0 radical (unpaired) electrons. The van der Waals surface area contributed by atoms with E-state index in [0.29, 0.717) is 5.76 Å². The molecule has 1 nitrogen and oxygen atoms in total. The summed E-state index contributed by atoms with van der Waals surface area (Å²) < 4.78 is 0. The van der Waals surface area contributed by atoms with E-state index in [9.17, 15) is 5.11 Å². The monoisotopic (exact) mass is 234 g/mol. The van der Waals surface area contributed by atoms with E-state index in [1.165, 1.54) is 31.3 Å².